The first-order valence-corrected chi connectivity index (χ1v) is 7.72. The summed E-state index contributed by atoms with van der Waals surface area (Å²) in [5, 5.41) is 13.6. The van der Waals surface area contributed by atoms with E-state index in [-0.39, 0.29) is 5.82 Å². The molecule has 132 valence electrons. The van der Waals surface area contributed by atoms with Crippen LogP contribution in [0.5, 0.6) is 0 Å². The molecule has 0 amide bonds. The van der Waals surface area contributed by atoms with E-state index >= 15 is 0 Å². The predicted molar refractivity (Wildman–Crippen MR) is 89.0 cm³/mol. The summed E-state index contributed by atoms with van der Waals surface area (Å²) in [6.07, 6.45) is 1.54. The molecule has 3 heterocycles. The Morgan fingerprint density at radius 2 is 1.92 bits per heavy atom. The topological polar surface area (TPSA) is 70.9 Å². The molecule has 6 nitrogen and oxygen atoms in total. The first kappa shape index (κ1) is 16.1. The van der Waals surface area contributed by atoms with E-state index in [0.29, 0.717) is 11.3 Å². The van der Waals surface area contributed by atoms with Gasteiger partial charge < -0.3 is 5.32 Å². The number of nitrogens with zero attached hydrogens (tertiary/aromatic N) is 4. The molecule has 0 saturated carbocycles. The minimum atomic E-state index is -3.50. The Kier molecular flexibility index (Phi) is 3.64. The summed E-state index contributed by atoms with van der Waals surface area (Å²) in [7, 11) is 0. The Hall–Kier alpha value is -3.36. The van der Waals surface area contributed by atoms with E-state index in [0.717, 1.165) is 30.0 Å². The van der Waals surface area contributed by atoms with Crippen molar-refractivity contribution < 1.29 is 13.2 Å². The summed E-state index contributed by atoms with van der Waals surface area (Å²) < 4.78 is 44.1. The summed E-state index contributed by atoms with van der Waals surface area (Å²) in [5.41, 5.74) is 0.932. The van der Waals surface area contributed by atoms with Crippen LogP contribution in [0, 0.1) is 12.7 Å². The molecule has 3 aromatic heterocycles. The zero-order valence-corrected chi connectivity index (χ0v) is 13.5. The average Bonchev–Trinajstić information content (AvgIpc) is 3.24. The summed E-state index contributed by atoms with van der Waals surface area (Å²) in [5.74, 6) is -4.16. The van der Waals surface area contributed by atoms with E-state index in [1.807, 2.05) is 6.92 Å². The second-order valence-electron chi connectivity index (χ2n) is 5.76. The minimum Gasteiger partial charge on any atom is -0.322 e. The van der Waals surface area contributed by atoms with Gasteiger partial charge in [0.15, 0.2) is 11.6 Å². The highest BCUT2D eigenvalue weighted by atomic mass is 19.3. The molecule has 0 saturated heterocycles. The second-order valence-corrected chi connectivity index (χ2v) is 5.76. The van der Waals surface area contributed by atoms with Crippen LogP contribution in [0.15, 0.2) is 48.7 Å². The molecule has 0 atom stereocenters. The van der Waals surface area contributed by atoms with Crippen LogP contribution in [0.2, 0.25) is 0 Å². The highest BCUT2D eigenvalue weighted by Gasteiger charge is 2.38. The number of H-pyrrole nitrogens is 1. The fourth-order valence-electron chi connectivity index (χ4n) is 2.55. The van der Waals surface area contributed by atoms with Gasteiger partial charge in [-0.05, 0) is 43.3 Å². The highest BCUT2D eigenvalue weighted by molar-refractivity contribution is 5.72. The maximum Gasteiger partial charge on any atom is 0.333 e. The molecule has 0 aliphatic heterocycles. The number of hydrogen-bond acceptors (Lipinski definition) is 4. The molecule has 9 heteroatoms. The van der Waals surface area contributed by atoms with Crippen molar-refractivity contribution in [1.82, 2.24) is 24.8 Å². The second kappa shape index (κ2) is 5.87. The van der Waals surface area contributed by atoms with Crippen molar-refractivity contribution >= 4 is 17.2 Å². The van der Waals surface area contributed by atoms with Crippen LogP contribution in [0.25, 0.3) is 5.52 Å². The first-order valence-electron chi connectivity index (χ1n) is 7.72. The van der Waals surface area contributed by atoms with Crippen LogP contribution in [-0.4, -0.2) is 24.8 Å². The fourth-order valence-corrected chi connectivity index (χ4v) is 2.55. The van der Waals surface area contributed by atoms with E-state index in [2.05, 4.69) is 25.6 Å². The Labute approximate surface area is 145 Å². The molecule has 1 aromatic carbocycles. The van der Waals surface area contributed by atoms with E-state index < -0.39 is 23.1 Å². The van der Waals surface area contributed by atoms with E-state index in [4.69, 9.17) is 0 Å². The number of benzene rings is 1. The van der Waals surface area contributed by atoms with Gasteiger partial charge in [0.1, 0.15) is 11.3 Å². The maximum atomic E-state index is 14.9. The number of aromatic nitrogens is 5. The average molecular weight is 358 g/mol. The van der Waals surface area contributed by atoms with Crippen molar-refractivity contribution in [2.75, 3.05) is 5.32 Å². The third-order valence-electron chi connectivity index (χ3n) is 3.83. The monoisotopic (exact) mass is 358 g/mol. The van der Waals surface area contributed by atoms with Gasteiger partial charge >= 0.3 is 5.92 Å². The smallest absolute Gasteiger partial charge is 0.322 e. The van der Waals surface area contributed by atoms with Gasteiger partial charge in [-0.15, -0.1) is 5.10 Å². The molecule has 2 N–H and O–H groups in total. The number of anilines is 2. The number of rotatable bonds is 4. The number of hydrogen-bond donors (Lipinski definition) is 2. The summed E-state index contributed by atoms with van der Waals surface area (Å²) in [6, 6.07) is 9.07. The molecule has 26 heavy (non-hydrogen) atoms. The molecule has 0 bridgehead atoms. The molecule has 0 aliphatic rings. The lowest BCUT2D eigenvalue weighted by Crippen LogP contribution is -2.21. The largest absolute Gasteiger partial charge is 0.333 e. The van der Waals surface area contributed by atoms with Crippen LogP contribution >= 0.6 is 0 Å². The number of fused-ring (bicyclic) bond motifs is 1. The van der Waals surface area contributed by atoms with E-state index in [1.165, 1.54) is 4.52 Å². The molecule has 0 unspecified atom stereocenters. The standard InChI is InChI=1S/C17H13F3N6/c1-10-9-14(24-23-10)21-15-13-3-2-8-26(13)25-16(22-15)17(19,20)11-4-6-12(18)7-5-11/h2-9H,1H3,(H2,21,22,23,24,25). The molecule has 0 aliphatic carbocycles. The van der Waals surface area contributed by atoms with Crippen LogP contribution in [0.1, 0.15) is 17.1 Å². The Morgan fingerprint density at radius 1 is 1.15 bits per heavy atom. The maximum absolute atomic E-state index is 14.9. The number of aryl methyl sites for hydroxylation is 1. The molecule has 0 spiro atoms. The van der Waals surface area contributed by atoms with Crippen molar-refractivity contribution in [1.29, 1.82) is 0 Å². The third-order valence-corrected chi connectivity index (χ3v) is 3.83. The van der Waals surface area contributed by atoms with Crippen molar-refractivity contribution in [2.24, 2.45) is 0 Å². The van der Waals surface area contributed by atoms with Crippen molar-refractivity contribution in [3.8, 4) is 0 Å². The molecular weight excluding hydrogens is 345 g/mol. The Bertz CT molecular complexity index is 1070. The first-order chi connectivity index (χ1) is 12.4. The highest BCUT2D eigenvalue weighted by Crippen LogP contribution is 2.34. The van der Waals surface area contributed by atoms with Gasteiger partial charge in [0.25, 0.3) is 0 Å². The quantitative estimate of drug-likeness (QED) is 0.582. The van der Waals surface area contributed by atoms with Gasteiger partial charge in [-0.3, -0.25) is 5.10 Å². The Balaban J connectivity index is 1.81. The zero-order valence-electron chi connectivity index (χ0n) is 13.5. The van der Waals surface area contributed by atoms with Gasteiger partial charge in [-0.25, -0.2) is 13.9 Å². The zero-order chi connectivity index (χ0) is 18.3. The fraction of sp³-hybridized carbons (Fsp3) is 0.118. The predicted octanol–water partition coefficient (Wildman–Crippen LogP) is 3.78. The lowest BCUT2D eigenvalue weighted by Gasteiger charge is -2.16. The number of aromatic amines is 1. The lowest BCUT2D eigenvalue weighted by atomic mass is 10.1. The number of alkyl halides is 2. The summed E-state index contributed by atoms with van der Waals surface area (Å²) >= 11 is 0. The lowest BCUT2D eigenvalue weighted by molar-refractivity contribution is 0.0315. The SMILES string of the molecule is Cc1cc(Nc2nc(C(F)(F)c3ccc(F)cc3)nn3cccc23)n[nH]1. The van der Waals surface area contributed by atoms with Gasteiger partial charge in [-0.2, -0.15) is 13.9 Å². The van der Waals surface area contributed by atoms with E-state index in [9.17, 15) is 13.2 Å². The molecule has 0 radical (unpaired) electrons. The van der Waals surface area contributed by atoms with Gasteiger partial charge in [-0.1, -0.05) is 0 Å². The Morgan fingerprint density at radius 3 is 2.62 bits per heavy atom. The normalized spacial score (nSPS) is 11.8. The number of halogens is 3. The minimum absolute atomic E-state index is 0.188. The van der Waals surface area contributed by atoms with Crippen molar-refractivity contribution in [3.05, 3.63) is 71.6 Å². The number of nitrogens with one attached hydrogen (secondary N) is 2. The summed E-state index contributed by atoms with van der Waals surface area (Å²) in [6.45, 7) is 1.82. The summed E-state index contributed by atoms with van der Waals surface area (Å²) in [4.78, 5) is 4.01. The molecular formula is C17H13F3N6. The third kappa shape index (κ3) is 2.77. The van der Waals surface area contributed by atoms with Gasteiger partial charge in [0.2, 0.25) is 5.82 Å². The van der Waals surface area contributed by atoms with Crippen LogP contribution in [0.4, 0.5) is 24.8 Å². The molecule has 4 aromatic rings. The van der Waals surface area contributed by atoms with Crippen molar-refractivity contribution in [2.45, 2.75) is 12.8 Å². The van der Waals surface area contributed by atoms with Crippen LogP contribution < -0.4 is 5.32 Å². The molecule has 0 fully saturated rings. The van der Waals surface area contributed by atoms with E-state index in [1.54, 1.807) is 24.4 Å². The van der Waals surface area contributed by atoms with Gasteiger partial charge in [0.05, 0.1) is 0 Å². The molecule has 4 rings (SSSR count). The van der Waals surface area contributed by atoms with Crippen LogP contribution in [-0.2, 0) is 5.92 Å². The van der Waals surface area contributed by atoms with Crippen molar-refractivity contribution in [3.63, 3.8) is 0 Å². The van der Waals surface area contributed by atoms with Crippen LogP contribution in [0.3, 0.4) is 0 Å². The van der Waals surface area contributed by atoms with Gasteiger partial charge in [0, 0.05) is 23.5 Å².